The molecule has 186 valence electrons. The van der Waals surface area contributed by atoms with Gasteiger partial charge in [-0.15, -0.1) is 0 Å². The molecule has 1 unspecified atom stereocenters. The fraction of sp³-hybridized carbons (Fsp3) is 0.500. The molecule has 2 atom stereocenters. The van der Waals surface area contributed by atoms with Gasteiger partial charge in [0.2, 0.25) is 0 Å². The number of hydrogen-bond donors (Lipinski definition) is 5. The SMILES string of the molecule is C=C(N)c1cc(CCCCCCc2ccccc2)c(NC[C@H]2OC(C)(C)CC2CN)c(NO)c1. The van der Waals surface area contributed by atoms with E-state index in [9.17, 15) is 5.21 Å². The first-order chi connectivity index (χ1) is 16.3. The molecule has 0 saturated carbocycles. The molecule has 6 nitrogen and oxygen atoms in total. The van der Waals surface area contributed by atoms with Crippen molar-refractivity contribution in [1.82, 2.24) is 0 Å². The van der Waals surface area contributed by atoms with Crippen molar-refractivity contribution in [1.29, 1.82) is 0 Å². The summed E-state index contributed by atoms with van der Waals surface area (Å²) in [5.74, 6) is 0.309. The van der Waals surface area contributed by atoms with E-state index in [0.29, 0.717) is 30.4 Å². The van der Waals surface area contributed by atoms with E-state index < -0.39 is 0 Å². The van der Waals surface area contributed by atoms with Crippen LogP contribution in [0, 0.1) is 5.92 Å². The smallest absolute Gasteiger partial charge is 0.0843 e. The number of rotatable bonds is 13. The van der Waals surface area contributed by atoms with Crippen LogP contribution in [0.15, 0.2) is 49.0 Å². The van der Waals surface area contributed by atoms with Gasteiger partial charge in [0, 0.05) is 18.2 Å². The summed E-state index contributed by atoms with van der Waals surface area (Å²) in [7, 11) is 0. The molecule has 3 rings (SSSR count). The van der Waals surface area contributed by atoms with Crippen LogP contribution in [-0.2, 0) is 17.6 Å². The number of ether oxygens (including phenoxy) is 1. The molecule has 0 aliphatic carbocycles. The molecule has 1 heterocycles. The van der Waals surface area contributed by atoms with E-state index in [-0.39, 0.29) is 11.7 Å². The highest BCUT2D eigenvalue weighted by atomic mass is 16.5. The normalized spacial score (nSPS) is 19.2. The van der Waals surface area contributed by atoms with E-state index >= 15 is 0 Å². The zero-order valence-corrected chi connectivity index (χ0v) is 20.8. The third-order valence-corrected chi connectivity index (χ3v) is 6.75. The maximum absolute atomic E-state index is 9.86. The van der Waals surface area contributed by atoms with Crippen molar-refractivity contribution in [3.05, 3.63) is 65.7 Å². The van der Waals surface area contributed by atoms with Gasteiger partial charge < -0.3 is 21.5 Å². The number of nitrogens with two attached hydrogens (primary N) is 2. The van der Waals surface area contributed by atoms with Gasteiger partial charge in [-0.2, -0.15) is 0 Å². The Morgan fingerprint density at radius 3 is 2.47 bits per heavy atom. The molecule has 0 bridgehead atoms. The summed E-state index contributed by atoms with van der Waals surface area (Å²) in [5, 5.41) is 13.4. The minimum Gasteiger partial charge on any atom is -0.399 e. The van der Waals surface area contributed by atoms with Crippen LogP contribution in [0.2, 0.25) is 0 Å². The quantitative estimate of drug-likeness (QED) is 0.202. The molecule has 0 aromatic heterocycles. The van der Waals surface area contributed by atoms with E-state index in [1.54, 1.807) is 0 Å². The number of aryl methyl sites for hydroxylation is 2. The largest absolute Gasteiger partial charge is 0.399 e. The Morgan fingerprint density at radius 1 is 1.12 bits per heavy atom. The molecule has 7 N–H and O–H groups in total. The highest BCUT2D eigenvalue weighted by Crippen LogP contribution is 2.36. The maximum atomic E-state index is 9.86. The second-order valence-electron chi connectivity index (χ2n) is 10.1. The highest BCUT2D eigenvalue weighted by Gasteiger charge is 2.39. The van der Waals surface area contributed by atoms with Crippen LogP contribution < -0.4 is 22.3 Å². The number of unbranched alkanes of at least 4 members (excludes halogenated alkanes) is 3. The Bertz CT molecular complexity index is 930. The molecule has 6 heteroatoms. The molecule has 34 heavy (non-hydrogen) atoms. The van der Waals surface area contributed by atoms with E-state index in [4.69, 9.17) is 16.2 Å². The summed E-state index contributed by atoms with van der Waals surface area (Å²) in [6.45, 7) is 9.34. The minimum atomic E-state index is -0.168. The first kappa shape index (κ1) is 26.1. The lowest BCUT2D eigenvalue weighted by atomic mass is 9.94. The molecule has 1 aliphatic rings. The second kappa shape index (κ2) is 12.2. The van der Waals surface area contributed by atoms with Crippen molar-refractivity contribution in [2.75, 3.05) is 23.9 Å². The predicted molar refractivity (Wildman–Crippen MR) is 142 cm³/mol. The maximum Gasteiger partial charge on any atom is 0.0843 e. The Kier molecular flexibility index (Phi) is 9.39. The summed E-state index contributed by atoms with van der Waals surface area (Å²) >= 11 is 0. The zero-order valence-electron chi connectivity index (χ0n) is 20.8. The van der Waals surface area contributed by atoms with E-state index in [0.717, 1.165) is 48.9 Å². The number of nitrogens with one attached hydrogen (secondary N) is 2. The lowest BCUT2D eigenvalue weighted by Gasteiger charge is -2.23. The second-order valence-corrected chi connectivity index (χ2v) is 10.1. The van der Waals surface area contributed by atoms with Crippen molar-refractivity contribution >= 4 is 17.1 Å². The number of benzene rings is 2. The molecular formula is C28H42N4O2. The molecule has 1 fully saturated rings. The van der Waals surface area contributed by atoms with Gasteiger partial charge in [0.05, 0.1) is 23.1 Å². The Labute approximate surface area is 204 Å². The van der Waals surface area contributed by atoms with Crippen LogP contribution in [0.1, 0.15) is 62.6 Å². The van der Waals surface area contributed by atoms with Crippen molar-refractivity contribution in [2.24, 2.45) is 17.4 Å². The van der Waals surface area contributed by atoms with Crippen LogP contribution >= 0.6 is 0 Å². The third kappa shape index (κ3) is 7.23. The molecule has 0 radical (unpaired) electrons. The van der Waals surface area contributed by atoms with Gasteiger partial charge in [-0.1, -0.05) is 49.8 Å². The van der Waals surface area contributed by atoms with Gasteiger partial charge in [0.1, 0.15) is 0 Å². The third-order valence-electron chi connectivity index (χ3n) is 6.75. The highest BCUT2D eigenvalue weighted by molar-refractivity contribution is 5.78. The Morgan fingerprint density at radius 2 is 1.82 bits per heavy atom. The summed E-state index contributed by atoms with van der Waals surface area (Å²) in [5.41, 5.74) is 19.5. The predicted octanol–water partition coefficient (Wildman–Crippen LogP) is 5.32. The Hall–Kier alpha value is -2.54. The number of anilines is 2. The van der Waals surface area contributed by atoms with Crippen LogP contribution in [0.5, 0.6) is 0 Å². The molecular weight excluding hydrogens is 424 g/mol. The van der Waals surface area contributed by atoms with Crippen LogP contribution in [0.25, 0.3) is 5.70 Å². The molecule has 0 amide bonds. The molecule has 2 aromatic rings. The van der Waals surface area contributed by atoms with Crippen molar-refractivity contribution in [3.63, 3.8) is 0 Å². The topological polar surface area (TPSA) is 106 Å². The van der Waals surface area contributed by atoms with Crippen LogP contribution in [0.4, 0.5) is 11.4 Å². The van der Waals surface area contributed by atoms with Crippen molar-refractivity contribution in [3.8, 4) is 0 Å². The molecule has 2 aromatic carbocycles. The van der Waals surface area contributed by atoms with Crippen LogP contribution in [-0.4, -0.2) is 30.0 Å². The molecule has 0 spiro atoms. The van der Waals surface area contributed by atoms with E-state index in [1.165, 1.54) is 18.4 Å². The lowest BCUT2D eigenvalue weighted by molar-refractivity contribution is -0.0139. The monoisotopic (exact) mass is 466 g/mol. The Balaban J connectivity index is 1.63. The fourth-order valence-electron chi connectivity index (χ4n) is 4.99. The number of hydrogen-bond acceptors (Lipinski definition) is 6. The summed E-state index contributed by atoms with van der Waals surface area (Å²) < 4.78 is 6.25. The average Bonchev–Trinajstić information content (AvgIpc) is 3.13. The fourth-order valence-corrected chi connectivity index (χ4v) is 4.99. The van der Waals surface area contributed by atoms with E-state index in [2.05, 4.69) is 67.6 Å². The first-order valence-electron chi connectivity index (χ1n) is 12.5. The first-order valence-corrected chi connectivity index (χ1v) is 12.5. The molecule has 1 aliphatic heterocycles. The lowest BCUT2D eigenvalue weighted by Crippen LogP contribution is -2.31. The summed E-state index contributed by atoms with van der Waals surface area (Å²) in [4.78, 5) is 0. The van der Waals surface area contributed by atoms with Crippen LogP contribution in [0.3, 0.4) is 0 Å². The van der Waals surface area contributed by atoms with Gasteiger partial charge in [0.25, 0.3) is 0 Å². The van der Waals surface area contributed by atoms with Crippen molar-refractivity contribution in [2.45, 2.75) is 70.5 Å². The zero-order chi connectivity index (χ0) is 24.6. The average molecular weight is 467 g/mol. The van der Waals surface area contributed by atoms with E-state index in [1.807, 2.05) is 6.07 Å². The van der Waals surface area contributed by atoms with Gasteiger partial charge in [-0.25, -0.2) is 0 Å². The summed E-state index contributed by atoms with van der Waals surface area (Å²) in [6.07, 6.45) is 7.58. The van der Waals surface area contributed by atoms with Gasteiger partial charge in [-0.3, -0.25) is 10.7 Å². The van der Waals surface area contributed by atoms with Crippen molar-refractivity contribution < 1.29 is 9.94 Å². The standard InChI is InChI=1S/C28H42N4O2/c1-20(30)23-15-22(14-10-5-4-7-11-21-12-8-6-9-13-21)27(25(16-23)32-33)31-19-26-24(18-29)17-28(2,3)34-26/h6,8-9,12-13,15-16,24,26,31-33H,1,4-5,7,10-11,14,17-19,29-30H2,2-3H3/t24?,26-/m1/s1. The van der Waals surface area contributed by atoms with Gasteiger partial charge >= 0.3 is 0 Å². The summed E-state index contributed by atoms with van der Waals surface area (Å²) in [6, 6.07) is 14.5. The van der Waals surface area contributed by atoms with Gasteiger partial charge in [0.15, 0.2) is 0 Å². The van der Waals surface area contributed by atoms with Gasteiger partial charge in [-0.05, 0) is 81.3 Å². The minimum absolute atomic E-state index is 0.0292. The molecule has 1 saturated heterocycles.